The van der Waals surface area contributed by atoms with Crippen LogP contribution in [0.1, 0.15) is 24.0 Å². The molecule has 0 spiro atoms. The number of sulfone groups is 1. The number of nitrogens with zero attached hydrogens (tertiary/aromatic N) is 1. The van der Waals surface area contributed by atoms with E-state index in [0.29, 0.717) is 5.02 Å². The summed E-state index contributed by atoms with van der Waals surface area (Å²) in [5, 5.41) is 9.14. The van der Waals surface area contributed by atoms with E-state index in [2.05, 4.69) is 13.0 Å². The van der Waals surface area contributed by atoms with E-state index >= 15 is 0 Å². The van der Waals surface area contributed by atoms with Crippen molar-refractivity contribution in [1.29, 1.82) is 5.26 Å². The van der Waals surface area contributed by atoms with Crippen molar-refractivity contribution in [1.82, 2.24) is 0 Å². The van der Waals surface area contributed by atoms with Gasteiger partial charge < -0.3 is 0 Å². The first-order chi connectivity index (χ1) is 11.0. The third-order valence-electron chi connectivity index (χ3n) is 4.38. The highest BCUT2D eigenvalue weighted by Crippen LogP contribution is 2.53. The average Bonchev–Trinajstić information content (AvgIpc) is 3.31. The van der Waals surface area contributed by atoms with Crippen LogP contribution in [0.3, 0.4) is 0 Å². The molecule has 0 saturated heterocycles. The lowest BCUT2D eigenvalue weighted by atomic mass is 10.1. The zero-order valence-electron chi connectivity index (χ0n) is 12.6. The molecule has 1 aliphatic carbocycles. The van der Waals surface area contributed by atoms with E-state index in [4.69, 9.17) is 11.6 Å². The number of hydrogen-bond acceptors (Lipinski definition) is 3. The van der Waals surface area contributed by atoms with Gasteiger partial charge in [0.1, 0.15) is 0 Å². The monoisotopic (exact) mass is 345 g/mol. The summed E-state index contributed by atoms with van der Waals surface area (Å²) in [5.74, 6) is -0.755. The summed E-state index contributed by atoms with van der Waals surface area (Å²) >= 11 is 5.82. The molecule has 0 heterocycles. The minimum absolute atomic E-state index is 0.222. The Labute approximate surface area is 141 Å². The van der Waals surface area contributed by atoms with Crippen molar-refractivity contribution in [3.8, 4) is 6.07 Å². The molecule has 0 amide bonds. The summed E-state index contributed by atoms with van der Waals surface area (Å²) in [7, 11) is -3.54. The summed E-state index contributed by atoms with van der Waals surface area (Å²) in [6.07, 6.45) is 0.930. The van der Waals surface area contributed by atoms with E-state index in [1.807, 2.05) is 24.3 Å². The quantitative estimate of drug-likeness (QED) is 0.842. The molecule has 0 aromatic heterocycles. The molecule has 1 fully saturated rings. The molecular weight excluding hydrogens is 330 g/mol. The van der Waals surface area contributed by atoms with E-state index in [0.717, 1.165) is 12.0 Å². The van der Waals surface area contributed by atoms with Crippen LogP contribution in [0.5, 0.6) is 0 Å². The van der Waals surface area contributed by atoms with Crippen molar-refractivity contribution >= 4 is 21.4 Å². The zero-order valence-corrected chi connectivity index (χ0v) is 14.2. The number of halogens is 1. The first kappa shape index (κ1) is 16.0. The lowest BCUT2D eigenvalue weighted by Gasteiger charge is -2.05. The number of nitriles is 1. The molecule has 0 radical (unpaired) electrons. The van der Waals surface area contributed by atoms with Gasteiger partial charge in [-0.3, -0.25) is 0 Å². The fourth-order valence-corrected chi connectivity index (χ4v) is 5.17. The lowest BCUT2D eigenvalue weighted by molar-refractivity contribution is 0.593. The van der Waals surface area contributed by atoms with Crippen molar-refractivity contribution in [2.24, 2.45) is 5.92 Å². The minimum Gasteiger partial charge on any atom is -0.223 e. The maximum absolute atomic E-state index is 12.8. The maximum atomic E-state index is 12.8. The molecule has 3 atom stereocenters. The molecule has 118 valence electrons. The van der Waals surface area contributed by atoms with Crippen LogP contribution in [-0.2, 0) is 16.3 Å². The van der Waals surface area contributed by atoms with Crippen LogP contribution >= 0.6 is 11.6 Å². The van der Waals surface area contributed by atoms with Crippen molar-refractivity contribution < 1.29 is 8.42 Å². The molecule has 2 aromatic carbocycles. The van der Waals surface area contributed by atoms with Crippen LogP contribution in [0, 0.1) is 17.2 Å². The molecule has 1 saturated carbocycles. The smallest absolute Gasteiger partial charge is 0.183 e. The van der Waals surface area contributed by atoms with Gasteiger partial charge in [-0.1, -0.05) is 42.8 Å². The number of benzene rings is 2. The van der Waals surface area contributed by atoms with E-state index in [-0.39, 0.29) is 10.8 Å². The second-order valence-electron chi connectivity index (χ2n) is 5.74. The Morgan fingerprint density at radius 1 is 1.09 bits per heavy atom. The van der Waals surface area contributed by atoms with Gasteiger partial charge in [-0.25, -0.2) is 8.42 Å². The molecule has 0 unspecified atom stereocenters. The van der Waals surface area contributed by atoms with Gasteiger partial charge in [0.05, 0.1) is 22.1 Å². The predicted molar refractivity (Wildman–Crippen MR) is 90.1 cm³/mol. The Kier molecular flexibility index (Phi) is 4.18. The highest BCUT2D eigenvalue weighted by molar-refractivity contribution is 7.92. The fraction of sp³-hybridized carbons (Fsp3) is 0.278. The molecule has 1 aliphatic rings. The summed E-state index contributed by atoms with van der Waals surface area (Å²) in [4.78, 5) is 0.222. The van der Waals surface area contributed by atoms with E-state index in [9.17, 15) is 13.7 Å². The highest BCUT2D eigenvalue weighted by Gasteiger charge is 2.59. The third kappa shape index (κ3) is 2.87. The molecule has 0 bridgehead atoms. The normalized spacial score (nSPS) is 23.3. The number of rotatable bonds is 4. The molecule has 23 heavy (non-hydrogen) atoms. The largest absolute Gasteiger partial charge is 0.223 e. The van der Waals surface area contributed by atoms with Crippen LogP contribution in [-0.4, -0.2) is 13.7 Å². The summed E-state index contributed by atoms with van der Waals surface area (Å²) < 4.78 is 25.6. The molecule has 3 nitrogen and oxygen atoms in total. The molecule has 2 aromatic rings. The molecule has 0 aliphatic heterocycles. The Hall–Kier alpha value is -1.83. The van der Waals surface area contributed by atoms with Gasteiger partial charge in [0.15, 0.2) is 9.84 Å². The molecule has 3 rings (SSSR count). The molecule has 5 heteroatoms. The Morgan fingerprint density at radius 3 is 2.22 bits per heavy atom. The van der Waals surface area contributed by atoms with E-state index in [1.165, 1.54) is 17.7 Å². The van der Waals surface area contributed by atoms with Gasteiger partial charge >= 0.3 is 0 Å². The lowest BCUT2D eigenvalue weighted by Crippen LogP contribution is -2.10. The number of hydrogen-bond donors (Lipinski definition) is 0. The Bertz CT molecular complexity index is 851. The molecule has 0 N–H and O–H groups in total. The first-order valence-corrected chi connectivity index (χ1v) is 9.39. The summed E-state index contributed by atoms with van der Waals surface area (Å²) in [6, 6.07) is 16.1. The highest BCUT2D eigenvalue weighted by atomic mass is 35.5. The van der Waals surface area contributed by atoms with Gasteiger partial charge in [0.25, 0.3) is 0 Å². The zero-order chi connectivity index (χ0) is 16.6. The summed E-state index contributed by atoms with van der Waals surface area (Å²) in [6.45, 7) is 2.07. The van der Waals surface area contributed by atoms with E-state index in [1.54, 1.807) is 12.1 Å². The van der Waals surface area contributed by atoms with Crippen LogP contribution in [0.25, 0.3) is 0 Å². The van der Waals surface area contributed by atoms with Crippen molar-refractivity contribution in [2.75, 3.05) is 0 Å². The Morgan fingerprint density at radius 2 is 1.70 bits per heavy atom. The second kappa shape index (κ2) is 5.99. The maximum Gasteiger partial charge on any atom is 0.183 e. The Balaban J connectivity index is 1.92. The van der Waals surface area contributed by atoms with E-state index < -0.39 is 21.0 Å². The number of aryl methyl sites for hydroxylation is 1. The van der Waals surface area contributed by atoms with Crippen LogP contribution < -0.4 is 0 Å². The standard InChI is InChI=1S/C18H16ClNO2S/c1-2-12-3-5-13(6-4-12)17-16(11-20)18(17)23(21,22)15-9-7-14(19)8-10-15/h3-10,16-18H,2H2,1H3/t16-,17-,18-/m0/s1. The van der Waals surface area contributed by atoms with Crippen LogP contribution in [0.2, 0.25) is 5.02 Å². The summed E-state index contributed by atoms with van der Waals surface area (Å²) in [5.41, 5.74) is 2.11. The van der Waals surface area contributed by atoms with Gasteiger partial charge in [-0.15, -0.1) is 0 Å². The second-order valence-corrected chi connectivity index (χ2v) is 8.28. The molecular formula is C18H16ClNO2S. The fourth-order valence-electron chi connectivity index (χ4n) is 2.98. The predicted octanol–water partition coefficient (Wildman–Crippen LogP) is 3.98. The van der Waals surface area contributed by atoms with Gasteiger partial charge in [0, 0.05) is 10.9 Å². The topological polar surface area (TPSA) is 57.9 Å². The van der Waals surface area contributed by atoms with Gasteiger partial charge in [0.2, 0.25) is 0 Å². The third-order valence-corrected chi connectivity index (χ3v) is 6.86. The van der Waals surface area contributed by atoms with Crippen LogP contribution in [0.4, 0.5) is 0 Å². The SMILES string of the molecule is CCc1ccc([C@H]2[C@H](C#N)[C@@H]2S(=O)(=O)c2ccc(Cl)cc2)cc1. The first-order valence-electron chi connectivity index (χ1n) is 7.47. The van der Waals surface area contributed by atoms with Crippen molar-refractivity contribution in [3.63, 3.8) is 0 Å². The minimum atomic E-state index is -3.54. The van der Waals surface area contributed by atoms with Crippen LogP contribution in [0.15, 0.2) is 53.4 Å². The van der Waals surface area contributed by atoms with Crippen molar-refractivity contribution in [3.05, 3.63) is 64.7 Å². The van der Waals surface area contributed by atoms with Crippen molar-refractivity contribution in [2.45, 2.75) is 29.4 Å². The average molecular weight is 346 g/mol. The van der Waals surface area contributed by atoms with Gasteiger partial charge in [-0.2, -0.15) is 5.26 Å². The van der Waals surface area contributed by atoms with Gasteiger partial charge in [-0.05, 0) is 41.8 Å².